The molecule has 0 saturated heterocycles. The lowest BCUT2D eigenvalue weighted by Gasteiger charge is -2.18. The summed E-state index contributed by atoms with van der Waals surface area (Å²) in [5.74, 6) is -0.937. The summed E-state index contributed by atoms with van der Waals surface area (Å²) in [7, 11) is 0. The summed E-state index contributed by atoms with van der Waals surface area (Å²) in [5, 5.41) is 14.1. The van der Waals surface area contributed by atoms with Crippen LogP contribution >= 0.6 is 0 Å². The number of amides is 1. The van der Waals surface area contributed by atoms with Crippen molar-refractivity contribution in [2.24, 2.45) is 5.92 Å². The molecule has 0 aromatic heterocycles. The average Bonchev–Trinajstić information content (AvgIpc) is 3.49. The first-order valence-corrected chi connectivity index (χ1v) is 8.73. The fraction of sp³-hybridized carbons (Fsp3) is 0.300. The van der Waals surface area contributed by atoms with Crippen molar-refractivity contribution >= 4 is 17.6 Å². The minimum absolute atomic E-state index is 0.120. The molecule has 0 radical (unpaired) electrons. The molecule has 2 aromatic carbocycles. The zero-order valence-electron chi connectivity index (χ0n) is 14.9. The van der Waals surface area contributed by atoms with Crippen molar-refractivity contribution in [2.75, 3.05) is 6.61 Å². The summed E-state index contributed by atoms with van der Waals surface area (Å²) >= 11 is 0. The minimum atomic E-state index is -0.886. The maximum atomic E-state index is 12.3. The second kappa shape index (κ2) is 7.99. The van der Waals surface area contributed by atoms with Crippen molar-refractivity contribution in [1.29, 1.82) is 0 Å². The zero-order chi connectivity index (χ0) is 19.4. The van der Waals surface area contributed by atoms with Crippen LogP contribution in [0, 0.1) is 23.0 Å². The van der Waals surface area contributed by atoms with Gasteiger partial charge in [0.25, 0.3) is 11.6 Å². The molecule has 1 unspecified atom stereocenters. The highest BCUT2D eigenvalue weighted by atomic mass is 16.6. The van der Waals surface area contributed by atoms with Crippen molar-refractivity contribution < 1.29 is 19.2 Å². The van der Waals surface area contributed by atoms with E-state index in [0.717, 1.165) is 18.4 Å². The Bertz CT molecular complexity index is 862. The molecule has 1 N–H and O–H groups in total. The van der Waals surface area contributed by atoms with Crippen LogP contribution < -0.4 is 5.32 Å². The molecule has 1 atom stereocenters. The molecule has 0 bridgehead atoms. The maximum absolute atomic E-state index is 12.3. The van der Waals surface area contributed by atoms with Crippen LogP contribution in [0.1, 0.15) is 40.4 Å². The highest BCUT2D eigenvalue weighted by Gasteiger charge is 2.33. The number of carbonyl (C=O) groups excluding carboxylic acids is 2. The molecule has 1 aliphatic rings. The summed E-state index contributed by atoms with van der Waals surface area (Å²) in [5.41, 5.74) is 0.906. The molecule has 1 fully saturated rings. The Morgan fingerprint density at radius 3 is 2.52 bits per heavy atom. The molecule has 0 aliphatic heterocycles. The first-order chi connectivity index (χ1) is 13.0. The predicted octanol–water partition coefficient (Wildman–Crippen LogP) is 3.33. The van der Waals surface area contributed by atoms with Crippen LogP contribution in [0.5, 0.6) is 0 Å². The van der Waals surface area contributed by atoms with E-state index in [1.54, 1.807) is 13.0 Å². The molecule has 1 amide bonds. The number of hydrogen-bond donors (Lipinski definition) is 1. The number of para-hydroxylation sites is 1. The molecule has 3 rings (SSSR count). The summed E-state index contributed by atoms with van der Waals surface area (Å²) in [4.78, 5) is 35.0. The Morgan fingerprint density at radius 1 is 1.19 bits per heavy atom. The van der Waals surface area contributed by atoms with Gasteiger partial charge in [-0.05, 0) is 37.3 Å². The molecule has 7 nitrogen and oxygen atoms in total. The lowest BCUT2D eigenvalue weighted by Crippen LogP contribution is -2.33. The molecule has 1 aliphatic carbocycles. The van der Waals surface area contributed by atoms with Gasteiger partial charge in [0.05, 0.1) is 11.0 Å². The molecule has 2 aromatic rings. The van der Waals surface area contributed by atoms with Gasteiger partial charge in [-0.25, -0.2) is 4.79 Å². The standard InChI is InChI=1S/C20H20N2O5/c1-13-6-5-9-16(19(13)22(25)26)20(24)27-12-17(23)21-18(15-10-11-15)14-7-3-2-4-8-14/h2-9,15,18H,10-12H2,1H3,(H,21,23). The molecule has 27 heavy (non-hydrogen) atoms. The number of ether oxygens (including phenoxy) is 1. The Morgan fingerprint density at radius 2 is 1.89 bits per heavy atom. The van der Waals surface area contributed by atoms with E-state index in [4.69, 9.17) is 4.74 Å². The molecular formula is C20H20N2O5. The van der Waals surface area contributed by atoms with Gasteiger partial charge in [-0.3, -0.25) is 14.9 Å². The molecule has 0 spiro atoms. The van der Waals surface area contributed by atoms with Gasteiger partial charge in [-0.1, -0.05) is 42.5 Å². The topological polar surface area (TPSA) is 98.5 Å². The highest BCUT2D eigenvalue weighted by Crippen LogP contribution is 2.40. The Balaban J connectivity index is 1.63. The van der Waals surface area contributed by atoms with E-state index in [1.165, 1.54) is 12.1 Å². The quantitative estimate of drug-likeness (QED) is 0.459. The van der Waals surface area contributed by atoms with E-state index in [0.29, 0.717) is 11.5 Å². The predicted molar refractivity (Wildman–Crippen MR) is 98.2 cm³/mol. The highest BCUT2D eigenvalue weighted by molar-refractivity contribution is 5.95. The van der Waals surface area contributed by atoms with Crippen LogP contribution in [0.15, 0.2) is 48.5 Å². The van der Waals surface area contributed by atoms with Crippen LogP contribution in [0.3, 0.4) is 0 Å². The van der Waals surface area contributed by atoms with E-state index in [1.807, 2.05) is 30.3 Å². The van der Waals surface area contributed by atoms with Gasteiger partial charge >= 0.3 is 5.97 Å². The normalized spacial score (nSPS) is 14.3. The second-order valence-corrected chi connectivity index (χ2v) is 6.60. The lowest BCUT2D eigenvalue weighted by atomic mass is 10.0. The van der Waals surface area contributed by atoms with Gasteiger partial charge in [0.2, 0.25) is 0 Å². The zero-order valence-corrected chi connectivity index (χ0v) is 14.9. The molecule has 140 valence electrons. The first kappa shape index (κ1) is 18.6. The van der Waals surface area contributed by atoms with Crippen LogP contribution in [0.4, 0.5) is 5.69 Å². The van der Waals surface area contributed by atoms with E-state index in [-0.39, 0.29) is 17.3 Å². The number of nitro groups is 1. The molecule has 0 heterocycles. The second-order valence-electron chi connectivity index (χ2n) is 6.60. The van der Waals surface area contributed by atoms with E-state index >= 15 is 0 Å². The monoisotopic (exact) mass is 368 g/mol. The van der Waals surface area contributed by atoms with Gasteiger partial charge < -0.3 is 10.1 Å². The third-order valence-corrected chi connectivity index (χ3v) is 4.54. The molecular weight excluding hydrogens is 348 g/mol. The van der Waals surface area contributed by atoms with Crippen LogP contribution in [-0.4, -0.2) is 23.4 Å². The Labute approximate surface area is 156 Å². The summed E-state index contributed by atoms with van der Waals surface area (Å²) < 4.78 is 5.02. The third kappa shape index (κ3) is 4.49. The van der Waals surface area contributed by atoms with E-state index in [9.17, 15) is 19.7 Å². The number of rotatable bonds is 7. The van der Waals surface area contributed by atoms with Crippen LogP contribution in [0.25, 0.3) is 0 Å². The Kier molecular flexibility index (Phi) is 5.49. The minimum Gasteiger partial charge on any atom is -0.452 e. The van der Waals surface area contributed by atoms with Crippen molar-refractivity contribution in [3.63, 3.8) is 0 Å². The van der Waals surface area contributed by atoms with Gasteiger partial charge in [-0.2, -0.15) is 0 Å². The number of nitro benzene ring substituents is 1. The van der Waals surface area contributed by atoms with Crippen molar-refractivity contribution in [3.05, 3.63) is 75.3 Å². The van der Waals surface area contributed by atoms with Crippen LogP contribution in [-0.2, 0) is 9.53 Å². The number of carbonyl (C=O) groups is 2. The van der Waals surface area contributed by atoms with Crippen LogP contribution in [0.2, 0.25) is 0 Å². The van der Waals surface area contributed by atoms with E-state index < -0.39 is 23.4 Å². The smallest absolute Gasteiger partial charge is 0.345 e. The molecule has 1 saturated carbocycles. The fourth-order valence-electron chi connectivity index (χ4n) is 3.05. The summed E-state index contributed by atoms with van der Waals surface area (Å²) in [6, 6.07) is 13.9. The lowest BCUT2D eigenvalue weighted by molar-refractivity contribution is -0.385. The average molecular weight is 368 g/mol. The largest absolute Gasteiger partial charge is 0.452 e. The Hall–Kier alpha value is -3.22. The maximum Gasteiger partial charge on any atom is 0.345 e. The number of benzene rings is 2. The summed E-state index contributed by atoms with van der Waals surface area (Å²) in [6.07, 6.45) is 2.07. The van der Waals surface area contributed by atoms with Gasteiger partial charge in [0.1, 0.15) is 5.56 Å². The van der Waals surface area contributed by atoms with Crippen molar-refractivity contribution in [3.8, 4) is 0 Å². The number of hydrogen-bond acceptors (Lipinski definition) is 5. The number of nitrogens with zero attached hydrogens (tertiary/aromatic N) is 1. The SMILES string of the molecule is Cc1cccc(C(=O)OCC(=O)NC(c2ccccc2)C2CC2)c1[N+](=O)[O-]. The summed E-state index contributed by atoms with van der Waals surface area (Å²) in [6.45, 7) is 1.06. The first-order valence-electron chi connectivity index (χ1n) is 8.73. The van der Waals surface area contributed by atoms with E-state index in [2.05, 4.69) is 5.32 Å². The van der Waals surface area contributed by atoms with Crippen molar-refractivity contribution in [2.45, 2.75) is 25.8 Å². The van der Waals surface area contributed by atoms with Crippen molar-refractivity contribution in [1.82, 2.24) is 5.32 Å². The third-order valence-electron chi connectivity index (χ3n) is 4.54. The number of aryl methyl sites for hydroxylation is 1. The fourth-order valence-corrected chi connectivity index (χ4v) is 3.05. The number of nitrogens with one attached hydrogen (secondary N) is 1. The van der Waals surface area contributed by atoms with Gasteiger partial charge in [-0.15, -0.1) is 0 Å². The van der Waals surface area contributed by atoms with Gasteiger partial charge in [0, 0.05) is 5.56 Å². The van der Waals surface area contributed by atoms with Gasteiger partial charge in [0.15, 0.2) is 6.61 Å². The number of esters is 1. The molecule has 7 heteroatoms.